The topological polar surface area (TPSA) is 50.7 Å². The molecule has 4 nitrogen and oxygen atoms in total. The van der Waals surface area contributed by atoms with Gasteiger partial charge in [-0.25, -0.2) is 9.97 Å². The van der Waals surface area contributed by atoms with Crippen LogP contribution < -0.4 is 5.32 Å². The Kier molecular flexibility index (Phi) is 3.77. The highest BCUT2D eigenvalue weighted by atomic mass is 35.5. The van der Waals surface area contributed by atoms with Crippen molar-refractivity contribution in [3.63, 3.8) is 0 Å². The molecule has 0 aliphatic heterocycles. The normalized spacial score (nSPS) is 12.2. The Labute approximate surface area is 111 Å². The third-order valence-corrected chi connectivity index (χ3v) is 3.01. The number of aryl methyl sites for hydroxylation is 2. The average molecular weight is 263 g/mol. The molecule has 2 rings (SSSR count). The summed E-state index contributed by atoms with van der Waals surface area (Å²) in [6, 6.07) is 5.83. The molecule has 0 aliphatic carbocycles. The van der Waals surface area contributed by atoms with E-state index in [9.17, 15) is 0 Å². The van der Waals surface area contributed by atoms with Crippen molar-refractivity contribution in [3.8, 4) is 0 Å². The van der Waals surface area contributed by atoms with Crippen molar-refractivity contribution in [2.45, 2.75) is 26.8 Å². The molecular formula is C13H15ClN4. The lowest BCUT2D eigenvalue weighted by molar-refractivity contribution is 0.826. The molecule has 1 N–H and O–H groups in total. The van der Waals surface area contributed by atoms with Gasteiger partial charge in [0.05, 0.1) is 23.1 Å². The number of pyridine rings is 1. The summed E-state index contributed by atoms with van der Waals surface area (Å²) in [5, 5.41) is 3.62. The van der Waals surface area contributed by atoms with Gasteiger partial charge in [0.2, 0.25) is 0 Å². The van der Waals surface area contributed by atoms with Gasteiger partial charge < -0.3 is 5.32 Å². The molecule has 2 aromatic rings. The molecule has 0 spiro atoms. The fraction of sp³-hybridized carbons (Fsp3) is 0.308. The first-order chi connectivity index (χ1) is 8.58. The monoisotopic (exact) mass is 262 g/mol. The molecule has 0 radical (unpaired) electrons. The summed E-state index contributed by atoms with van der Waals surface area (Å²) in [6.07, 6.45) is 1.77. The van der Waals surface area contributed by atoms with Crippen molar-refractivity contribution in [1.82, 2.24) is 15.0 Å². The lowest BCUT2D eigenvalue weighted by Crippen LogP contribution is -2.11. The first kappa shape index (κ1) is 12.8. The van der Waals surface area contributed by atoms with Crippen molar-refractivity contribution in [2.24, 2.45) is 0 Å². The van der Waals surface area contributed by atoms with Crippen LogP contribution >= 0.6 is 11.6 Å². The Balaban J connectivity index is 2.22. The SMILES string of the molecule is Cc1nc(Cl)c(NC(C)c2ccccn2)nc1C. The van der Waals surface area contributed by atoms with E-state index in [1.165, 1.54) is 0 Å². The molecule has 0 bridgehead atoms. The second kappa shape index (κ2) is 5.31. The van der Waals surface area contributed by atoms with Crippen LogP contribution in [0.4, 0.5) is 5.82 Å². The molecule has 2 aromatic heterocycles. The summed E-state index contributed by atoms with van der Waals surface area (Å²) < 4.78 is 0. The quantitative estimate of drug-likeness (QED) is 0.922. The number of halogens is 1. The van der Waals surface area contributed by atoms with Crippen LogP contribution in [0.15, 0.2) is 24.4 Å². The van der Waals surface area contributed by atoms with Gasteiger partial charge in [0.25, 0.3) is 0 Å². The molecule has 0 aliphatic rings. The molecule has 0 saturated heterocycles. The van der Waals surface area contributed by atoms with Gasteiger partial charge in [-0.2, -0.15) is 0 Å². The molecule has 0 fully saturated rings. The van der Waals surface area contributed by atoms with Gasteiger partial charge in [-0.3, -0.25) is 4.98 Å². The molecule has 0 aromatic carbocycles. The summed E-state index contributed by atoms with van der Waals surface area (Å²) in [4.78, 5) is 12.9. The van der Waals surface area contributed by atoms with Crippen molar-refractivity contribution >= 4 is 17.4 Å². The molecule has 94 valence electrons. The van der Waals surface area contributed by atoms with E-state index in [1.54, 1.807) is 6.20 Å². The molecule has 0 amide bonds. The van der Waals surface area contributed by atoms with E-state index < -0.39 is 0 Å². The summed E-state index contributed by atoms with van der Waals surface area (Å²) in [6.45, 7) is 5.81. The molecule has 2 heterocycles. The zero-order chi connectivity index (χ0) is 13.1. The van der Waals surface area contributed by atoms with Crippen molar-refractivity contribution in [2.75, 3.05) is 5.32 Å². The maximum atomic E-state index is 6.08. The van der Waals surface area contributed by atoms with E-state index in [2.05, 4.69) is 20.3 Å². The van der Waals surface area contributed by atoms with Gasteiger partial charge in [0.15, 0.2) is 11.0 Å². The van der Waals surface area contributed by atoms with E-state index in [0.29, 0.717) is 11.0 Å². The van der Waals surface area contributed by atoms with Gasteiger partial charge in [0.1, 0.15) is 0 Å². The third kappa shape index (κ3) is 2.76. The minimum absolute atomic E-state index is 0.0279. The number of nitrogens with zero attached hydrogens (tertiary/aromatic N) is 3. The van der Waals surface area contributed by atoms with Crippen LogP contribution in [0.5, 0.6) is 0 Å². The van der Waals surface area contributed by atoms with Crippen LogP contribution in [0.25, 0.3) is 0 Å². The number of hydrogen-bond donors (Lipinski definition) is 1. The predicted molar refractivity (Wildman–Crippen MR) is 72.8 cm³/mol. The highest BCUT2D eigenvalue weighted by Crippen LogP contribution is 2.22. The summed E-state index contributed by atoms with van der Waals surface area (Å²) >= 11 is 6.08. The Morgan fingerprint density at radius 2 is 1.89 bits per heavy atom. The number of aromatic nitrogens is 3. The van der Waals surface area contributed by atoms with E-state index in [0.717, 1.165) is 17.1 Å². The van der Waals surface area contributed by atoms with E-state index in [-0.39, 0.29) is 6.04 Å². The lowest BCUT2D eigenvalue weighted by Gasteiger charge is -2.15. The molecule has 18 heavy (non-hydrogen) atoms. The third-order valence-electron chi connectivity index (χ3n) is 2.75. The summed E-state index contributed by atoms with van der Waals surface area (Å²) in [7, 11) is 0. The zero-order valence-corrected chi connectivity index (χ0v) is 11.4. The molecular weight excluding hydrogens is 248 g/mol. The second-order valence-electron chi connectivity index (χ2n) is 4.15. The lowest BCUT2D eigenvalue weighted by atomic mass is 10.2. The number of hydrogen-bond acceptors (Lipinski definition) is 4. The van der Waals surface area contributed by atoms with Gasteiger partial charge in [0, 0.05) is 6.20 Å². The number of anilines is 1. The fourth-order valence-electron chi connectivity index (χ4n) is 1.58. The summed E-state index contributed by atoms with van der Waals surface area (Å²) in [5.41, 5.74) is 2.65. The number of rotatable bonds is 3. The van der Waals surface area contributed by atoms with Crippen LogP contribution in [0.2, 0.25) is 5.15 Å². The second-order valence-corrected chi connectivity index (χ2v) is 4.51. The number of nitrogens with one attached hydrogen (secondary N) is 1. The Hall–Kier alpha value is -1.68. The first-order valence-electron chi connectivity index (χ1n) is 5.76. The Morgan fingerprint density at radius 1 is 1.17 bits per heavy atom. The zero-order valence-electron chi connectivity index (χ0n) is 10.6. The van der Waals surface area contributed by atoms with Crippen LogP contribution in [-0.4, -0.2) is 15.0 Å². The van der Waals surface area contributed by atoms with Crippen LogP contribution in [0.1, 0.15) is 30.0 Å². The highest BCUT2D eigenvalue weighted by Gasteiger charge is 2.11. The van der Waals surface area contributed by atoms with Crippen LogP contribution in [-0.2, 0) is 0 Å². The molecule has 0 saturated carbocycles. The standard InChI is InChI=1S/C13H15ClN4/c1-8-9(2)17-13(12(14)16-8)18-10(3)11-6-4-5-7-15-11/h4-7,10H,1-3H3,(H,17,18). The van der Waals surface area contributed by atoms with E-state index in [1.807, 2.05) is 39.0 Å². The van der Waals surface area contributed by atoms with Crippen LogP contribution in [0.3, 0.4) is 0 Å². The van der Waals surface area contributed by atoms with Gasteiger partial charge in [-0.15, -0.1) is 0 Å². The Bertz CT molecular complexity index is 542. The smallest absolute Gasteiger partial charge is 0.171 e. The largest absolute Gasteiger partial charge is 0.359 e. The van der Waals surface area contributed by atoms with Crippen LogP contribution in [0, 0.1) is 13.8 Å². The van der Waals surface area contributed by atoms with Crippen molar-refractivity contribution < 1.29 is 0 Å². The fourth-order valence-corrected chi connectivity index (χ4v) is 1.80. The van der Waals surface area contributed by atoms with Crippen molar-refractivity contribution in [3.05, 3.63) is 46.6 Å². The maximum absolute atomic E-state index is 6.08. The first-order valence-corrected chi connectivity index (χ1v) is 6.14. The maximum Gasteiger partial charge on any atom is 0.171 e. The van der Waals surface area contributed by atoms with Gasteiger partial charge >= 0.3 is 0 Å². The molecule has 1 atom stereocenters. The average Bonchev–Trinajstić information content (AvgIpc) is 2.37. The minimum atomic E-state index is 0.0279. The predicted octanol–water partition coefficient (Wildman–Crippen LogP) is 3.31. The van der Waals surface area contributed by atoms with Crippen molar-refractivity contribution in [1.29, 1.82) is 0 Å². The molecule has 1 unspecified atom stereocenters. The summed E-state index contributed by atoms with van der Waals surface area (Å²) in [5.74, 6) is 0.595. The van der Waals surface area contributed by atoms with Gasteiger partial charge in [-0.05, 0) is 32.9 Å². The highest BCUT2D eigenvalue weighted by molar-refractivity contribution is 6.31. The minimum Gasteiger partial charge on any atom is -0.359 e. The molecule has 5 heteroatoms. The van der Waals surface area contributed by atoms with E-state index in [4.69, 9.17) is 11.6 Å². The Morgan fingerprint density at radius 3 is 2.56 bits per heavy atom. The van der Waals surface area contributed by atoms with E-state index >= 15 is 0 Å². The van der Waals surface area contributed by atoms with Gasteiger partial charge in [-0.1, -0.05) is 17.7 Å².